The lowest BCUT2D eigenvalue weighted by Crippen LogP contribution is -2.46. The summed E-state index contributed by atoms with van der Waals surface area (Å²) in [6.07, 6.45) is 5.01. The van der Waals surface area contributed by atoms with Crippen LogP contribution in [-0.4, -0.2) is 54.5 Å². The van der Waals surface area contributed by atoms with Crippen LogP contribution in [0.4, 0.5) is 0 Å². The first kappa shape index (κ1) is 22.5. The monoisotopic (exact) mass is 409 g/mol. The van der Waals surface area contributed by atoms with E-state index >= 15 is 0 Å². The lowest BCUT2D eigenvalue weighted by Gasteiger charge is -2.30. The van der Waals surface area contributed by atoms with Crippen molar-refractivity contribution in [3.8, 4) is 11.5 Å². The highest BCUT2D eigenvalue weighted by atomic mass is 32.2. The molecule has 1 aromatic carbocycles. The predicted octanol–water partition coefficient (Wildman–Crippen LogP) is 2.88. The highest BCUT2D eigenvalue weighted by Crippen LogP contribution is 2.25. The average Bonchev–Trinajstić information content (AvgIpc) is 2.73. The van der Waals surface area contributed by atoms with Crippen molar-refractivity contribution in [2.24, 2.45) is 4.99 Å². The molecule has 0 spiro atoms. The second kappa shape index (κ2) is 11.9. The van der Waals surface area contributed by atoms with Gasteiger partial charge in [-0.15, -0.1) is 0 Å². The summed E-state index contributed by atoms with van der Waals surface area (Å²) in [7, 11) is 2.63. The van der Waals surface area contributed by atoms with E-state index in [1.54, 1.807) is 14.2 Å². The zero-order valence-electron chi connectivity index (χ0n) is 17.6. The number of nitrogens with one attached hydrogen (secondary N) is 2. The summed E-state index contributed by atoms with van der Waals surface area (Å²) in [6, 6.07) is 6.16. The summed E-state index contributed by atoms with van der Waals surface area (Å²) >= 11 is 0. The maximum absolute atomic E-state index is 12.2. The molecular weight excluding hydrogens is 374 g/mol. The van der Waals surface area contributed by atoms with Gasteiger partial charge in [-0.25, -0.2) is 0 Å². The Morgan fingerprint density at radius 2 is 2.07 bits per heavy atom. The van der Waals surface area contributed by atoms with Gasteiger partial charge in [-0.1, -0.05) is 13.3 Å². The van der Waals surface area contributed by atoms with E-state index in [-0.39, 0.29) is 0 Å². The van der Waals surface area contributed by atoms with E-state index in [4.69, 9.17) is 14.5 Å². The second-order valence-corrected chi connectivity index (χ2v) is 8.99. The van der Waals surface area contributed by atoms with Crippen LogP contribution in [0.1, 0.15) is 45.1 Å². The van der Waals surface area contributed by atoms with Crippen molar-refractivity contribution in [3.63, 3.8) is 0 Å². The van der Waals surface area contributed by atoms with E-state index in [1.807, 2.05) is 25.1 Å². The third-order valence-electron chi connectivity index (χ3n) is 5.11. The van der Waals surface area contributed by atoms with Crippen LogP contribution in [0.15, 0.2) is 23.2 Å². The minimum absolute atomic E-state index is 0.306. The van der Waals surface area contributed by atoms with Gasteiger partial charge in [0.15, 0.2) is 5.96 Å². The summed E-state index contributed by atoms with van der Waals surface area (Å²) in [4.78, 5) is 4.75. The highest BCUT2D eigenvalue weighted by molar-refractivity contribution is 7.85. The van der Waals surface area contributed by atoms with Crippen LogP contribution < -0.4 is 20.1 Å². The second-order valence-electron chi connectivity index (χ2n) is 6.99. The van der Waals surface area contributed by atoms with E-state index in [2.05, 4.69) is 17.6 Å². The molecule has 1 aromatic rings. The van der Waals surface area contributed by atoms with Crippen molar-refractivity contribution in [1.82, 2.24) is 10.6 Å². The molecule has 158 valence electrons. The fourth-order valence-electron chi connectivity index (χ4n) is 3.63. The van der Waals surface area contributed by atoms with Crippen LogP contribution in [0.25, 0.3) is 0 Å². The third kappa shape index (κ3) is 6.69. The van der Waals surface area contributed by atoms with Gasteiger partial charge in [-0.3, -0.25) is 9.20 Å². The van der Waals surface area contributed by atoms with Gasteiger partial charge in [0.05, 0.1) is 14.2 Å². The number of hydrogen-bond acceptors (Lipinski definition) is 4. The molecular formula is C21H35N3O3S. The van der Waals surface area contributed by atoms with Gasteiger partial charge in [0.1, 0.15) is 11.5 Å². The molecule has 0 saturated heterocycles. The molecule has 6 nitrogen and oxygen atoms in total. The number of methoxy groups -OCH3 is 2. The third-order valence-corrected chi connectivity index (χ3v) is 6.85. The standard InChI is InChI=1S/C21H35N3O3S/c1-5-22-21(24-17-8-7-9-19(15-17)28(25)6-2)23-13-12-16-14-18(26-3)10-11-20(16)27-4/h10-11,14,17,19H,5-9,12-13,15H2,1-4H3,(H2,22,23,24). The van der Waals surface area contributed by atoms with Gasteiger partial charge in [0.25, 0.3) is 0 Å². The van der Waals surface area contributed by atoms with Gasteiger partial charge in [0.2, 0.25) is 0 Å². The molecule has 0 aromatic heterocycles. The molecule has 0 radical (unpaired) electrons. The lowest BCUT2D eigenvalue weighted by atomic mass is 9.95. The summed E-state index contributed by atoms with van der Waals surface area (Å²) in [6.45, 7) is 5.53. The summed E-state index contributed by atoms with van der Waals surface area (Å²) in [5.74, 6) is 3.25. The molecule has 3 unspecified atom stereocenters. The first-order chi connectivity index (χ1) is 13.6. The molecule has 0 amide bonds. The van der Waals surface area contributed by atoms with Crippen molar-refractivity contribution in [3.05, 3.63) is 23.8 Å². The topological polar surface area (TPSA) is 72.0 Å². The molecule has 0 heterocycles. The summed E-state index contributed by atoms with van der Waals surface area (Å²) < 4.78 is 23.0. The normalized spacial score (nSPS) is 21.1. The SMILES string of the molecule is CCNC(=NCCc1cc(OC)ccc1OC)NC1CCCC(S(=O)CC)C1. The van der Waals surface area contributed by atoms with E-state index in [1.165, 1.54) is 0 Å². The molecule has 1 aliphatic carbocycles. The first-order valence-corrected chi connectivity index (χ1v) is 11.6. The predicted molar refractivity (Wildman–Crippen MR) is 117 cm³/mol. The number of nitrogens with zero attached hydrogens (tertiary/aromatic N) is 1. The van der Waals surface area contributed by atoms with Gasteiger partial charge >= 0.3 is 0 Å². The number of rotatable bonds is 9. The molecule has 0 aliphatic heterocycles. The summed E-state index contributed by atoms with van der Waals surface area (Å²) in [5.41, 5.74) is 1.08. The molecule has 2 N–H and O–H groups in total. The van der Waals surface area contributed by atoms with Crippen molar-refractivity contribution in [2.45, 2.75) is 57.2 Å². The van der Waals surface area contributed by atoms with Crippen molar-refractivity contribution < 1.29 is 13.7 Å². The number of hydrogen-bond donors (Lipinski definition) is 2. The van der Waals surface area contributed by atoms with Gasteiger partial charge in [-0.05, 0) is 56.4 Å². The Bertz CT molecular complexity index is 666. The lowest BCUT2D eigenvalue weighted by molar-refractivity contribution is 0.398. The Kier molecular flexibility index (Phi) is 9.61. The van der Waals surface area contributed by atoms with Crippen LogP contribution in [0.2, 0.25) is 0 Å². The maximum atomic E-state index is 12.2. The first-order valence-electron chi connectivity index (χ1n) is 10.2. The quantitative estimate of drug-likeness (QED) is 0.485. The van der Waals surface area contributed by atoms with Gasteiger partial charge in [-0.2, -0.15) is 0 Å². The van der Waals surface area contributed by atoms with Gasteiger partial charge < -0.3 is 20.1 Å². The molecule has 1 aliphatic rings. The Morgan fingerprint density at radius 1 is 1.25 bits per heavy atom. The minimum atomic E-state index is -0.716. The van der Waals surface area contributed by atoms with E-state index in [0.29, 0.717) is 17.8 Å². The van der Waals surface area contributed by atoms with Crippen molar-refractivity contribution >= 4 is 16.8 Å². The molecule has 3 atom stereocenters. The Morgan fingerprint density at radius 3 is 2.75 bits per heavy atom. The summed E-state index contributed by atoms with van der Waals surface area (Å²) in [5, 5.41) is 7.19. The zero-order valence-corrected chi connectivity index (χ0v) is 18.4. The van der Waals surface area contributed by atoms with E-state index in [9.17, 15) is 4.21 Å². The molecule has 1 saturated carbocycles. The maximum Gasteiger partial charge on any atom is 0.191 e. The molecule has 2 rings (SSSR count). The average molecular weight is 410 g/mol. The van der Waals surface area contributed by atoms with Crippen LogP contribution in [0.5, 0.6) is 11.5 Å². The highest BCUT2D eigenvalue weighted by Gasteiger charge is 2.26. The van der Waals surface area contributed by atoms with Gasteiger partial charge in [0, 0.05) is 40.9 Å². The van der Waals surface area contributed by atoms with Crippen molar-refractivity contribution in [1.29, 1.82) is 0 Å². The number of benzene rings is 1. The van der Waals surface area contributed by atoms with Crippen LogP contribution in [0, 0.1) is 0 Å². The van der Waals surface area contributed by atoms with Crippen molar-refractivity contribution in [2.75, 3.05) is 33.1 Å². The van der Waals surface area contributed by atoms with Crippen LogP contribution >= 0.6 is 0 Å². The molecule has 0 bridgehead atoms. The molecule has 1 fully saturated rings. The van der Waals surface area contributed by atoms with Crippen LogP contribution in [-0.2, 0) is 17.2 Å². The number of ether oxygens (including phenoxy) is 2. The largest absolute Gasteiger partial charge is 0.497 e. The Balaban J connectivity index is 1.98. The Labute approximate surface area is 171 Å². The Hall–Kier alpha value is -1.76. The zero-order chi connectivity index (χ0) is 20.4. The molecule has 28 heavy (non-hydrogen) atoms. The smallest absolute Gasteiger partial charge is 0.191 e. The van der Waals surface area contributed by atoms with Crippen LogP contribution in [0.3, 0.4) is 0 Å². The minimum Gasteiger partial charge on any atom is -0.497 e. The number of guanidine groups is 1. The number of aliphatic imine (C=N–C) groups is 1. The fraction of sp³-hybridized carbons (Fsp3) is 0.667. The molecule has 7 heteroatoms. The van der Waals surface area contributed by atoms with E-state index < -0.39 is 10.8 Å². The fourth-order valence-corrected chi connectivity index (χ4v) is 4.98. The van der Waals surface area contributed by atoms with E-state index in [0.717, 1.165) is 67.4 Å².